The van der Waals surface area contributed by atoms with Gasteiger partial charge in [0, 0.05) is 18.1 Å². The minimum atomic E-state index is -3.48. The Kier molecular flexibility index (Phi) is 5.98. The van der Waals surface area contributed by atoms with Crippen LogP contribution in [-0.2, 0) is 14.8 Å². The van der Waals surface area contributed by atoms with E-state index in [-0.39, 0.29) is 11.0 Å². The van der Waals surface area contributed by atoms with Gasteiger partial charge < -0.3 is 4.74 Å². The Bertz CT molecular complexity index is 529. The third-order valence-corrected chi connectivity index (χ3v) is 5.47. The van der Waals surface area contributed by atoms with E-state index < -0.39 is 10.0 Å². The smallest absolute Gasteiger partial charge is 0.244 e. The van der Waals surface area contributed by atoms with Crippen LogP contribution in [0.1, 0.15) is 19.4 Å². The Morgan fingerprint density at radius 1 is 1.37 bits per heavy atom. The molecule has 0 fully saturated rings. The van der Waals surface area contributed by atoms with Crippen molar-refractivity contribution >= 4 is 26.0 Å². The van der Waals surface area contributed by atoms with Crippen molar-refractivity contribution in [3.63, 3.8) is 0 Å². The average Bonchev–Trinajstić information content (AvgIpc) is 2.27. The molecule has 1 aromatic carbocycles. The van der Waals surface area contributed by atoms with Crippen LogP contribution in [0.4, 0.5) is 0 Å². The van der Waals surface area contributed by atoms with Crippen LogP contribution in [0.2, 0.25) is 0 Å². The lowest BCUT2D eigenvalue weighted by Crippen LogP contribution is -2.31. The van der Waals surface area contributed by atoms with Gasteiger partial charge in [0.05, 0.1) is 17.6 Å². The van der Waals surface area contributed by atoms with Gasteiger partial charge in [-0.3, -0.25) is 0 Å². The maximum Gasteiger partial charge on any atom is 0.244 e. The molecule has 0 aliphatic carbocycles. The molecule has 0 N–H and O–H groups in total. The maximum atomic E-state index is 12.4. The number of rotatable bonds is 6. The zero-order valence-corrected chi connectivity index (χ0v) is 14.1. The predicted molar refractivity (Wildman–Crippen MR) is 79.8 cm³/mol. The molecule has 4 nitrogen and oxygen atoms in total. The summed E-state index contributed by atoms with van der Waals surface area (Å²) in [7, 11) is -1.92. The second kappa shape index (κ2) is 6.83. The van der Waals surface area contributed by atoms with Crippen molar-refractivity contribution in [3.8, 4) is 0 Å². The lowest BCUT2D eigenvalue weighted by atomic mass is 10.2. The predicted octanol–water partition coefficient (Wildman–Crippen LogP) is 2.80. The SMILES string of the molecule is Cc1ccc(S(=O)(=O)N(C)CCOC(C)C)c(Br)c1. The van der Waals surface area contributed by atoms with Crippen molar-refractivity contribution in [2.45, 2.75) is 31.8 Å². The molecule has 19 heavy (non-hydrogen) atoms. The monoisotopic (exact) mass is 349 g/mol. The van der Waals surface area contributed by atoms with Gasteiger partial charge in [0.1, 0.15) is 0 Å². The minimum absolute atomic E-state index is 0.0993. The molecule has 0 bridgehead atoms. The molecule has 0 atom stereocenters. The summed E-state index contributed by atoms with van der Waals surface area (Å²) in [5.41, 5.74) is 1.01. The van der Waals surface area contributed by atoms with E-state index in [2.05, 4.69) is 15.9 Å². The molecule has 0 unspecified atom stereocenters. The van der Waals surface area contributed by atoms with E-state index in [9.17, 15) is 8.42 Å². The Morgan fingerprint density at radius 3 is 2.53 bits per heavy atom. The molecule has 0 heterocycles. The molecular weight excluding hydrogens is 330 g/mol. The third kappa shape index (κ3) is 4.56. The second-order valence-electron chi connectivity index (χ2n) is 4.68. The van der Waals surface area contributed by atoms with Gasteiger partial charge in [-0.15, -0.1) is 0 Å². The van der Waals surface area contributed by atoms with Crippen molar-refractivity contribution < 1.29 is 13.2 Å². The number of halogens is 1. The van der Waals surface area contributed by atoms with Gasteiger partial charge in [0.2, 0.25) is 10.0 Å². The quantitative estimate of drug-likeness (QED) is 0.793. The highest BCUT2D eigenvalue weighted by atomic mass is 79.9. The van der Waals surface area contributed by atoms with Crippen molar-refractivity contribution in [2.24, 2.45) is 0 Å². The van der Waals surface area contributed by atoms with Gasteiger partial charge in [0.25, 0.3) is 0 Å². The highest BCUT2D eigenvalue weighted by molar-refractivity contribution is 9.10. The van der Waals surface area contributed by atoms with Crippen LogP contribution in [0, 0.1) is 6.92 Å². The molecule has 0 aliphatic rings. The van der Waals surface area contributed by atoms with Gasteiger partial charge in [-0.25, -0.2) is 8.42 Å². The van der Waals surface area contributed by atoms with E-state index in [1.165, 1.54) is 4.31 Å². The highest BCUT2D eigenvalue weighted by Crippen LogP contribution is 2.25. The Morgan fingerprint density at radius 2 is 2.00 bits per heavy atom. The first-order valence-electron chi connectivity index (χ1n) is 6.09. The van der Waals surface area contributed by atoms with Crippen LogP contribution < -0.4 is 0 Å². The third-order valence-electron chi connectivity index (χ3n) is 2.63. The fraction of sp³-hybridized carbons (Fsp3) is 0.538. The summed E-state index contributed by atoms with van der Waals surface area (Å²) in [6, 6.07) is 5.20. The van der Waals surface area contributed by atoms with Gasteiger partial charge >= 0.3 is 0 Å². The molecule has 0 saturated carbocycles. The summed E-state index contributed by atoms with van der Waals surface area (Å²) in [4.78, 5) is 0.283. The largest absolute Gasteiger partial charge is 0.377 e. The number of nitrogens with zero attached hydrogens (tertiary/aromatic N) is 1. The first-order chi connectivity index (χ1) is 8.75. The zero-order chi connectivity index (χ0) is 14.6. The van der Waals surface area contributed by atoms with Crippen LogP contribution in [0.3, 0.4) is 0 Å². The summed E-state index contributed by atoms with van der Waals surface area (Å²) < 4.78 is 32.0. The molecule has 0 saturated heterocycles. The van der Waals surface area contributed by atoms with E-state index in [0.717, 1.165) is 5.56 Å². The lowest BCUT2D eigenvalue weighted by molar-refractivity contribution is 0.0737. The highest BCUT2D eigenvalue weighted by Gasteiger charge is 2.23. The van der Waals surface area contributed by atoms with Gasteiger partial charge in [0.15, 0.2) is 0 Å². The molecule has 6 heteroatoms. The normalized spacial score (nSPS) is 12.4. The molecule has 0 radical (unpaired) electrons. The first-order valence-corrected chi connectivity index (χ1v) is 8.32. The van der Waals surface area contributed by atoms with E-state index in [4.69, 9.17) is 4.74 Å². The molecular formula is C13H20BrNO3S. The van der Waals surface area contributed by atoms with Crippen LogP contribution in [0.5, 0.6) is 0 Å². The summed E-state index contributed by atoms with van der Waals surface area (Å²) >= 11 is 3.31. The fourth-order valence-electron chi connectivity index (χ4n) is 1.52. The lowest BCUT2D eigenvalue weighted by Gasteiger charge is -2.19. The van der Waals surface area contributed by atoms with Crippen LogP contribution in [0.25, 0.3) is 0 Å². The number of likely N-dealkylation sites (N-methyl/N-ethyl adjacent to an activating group) is 1. The van der Waals surface area contributed by atoms with E-state index >= 15 is 0 Å². The maximum absolute atomic E-state index is 12.4. The topological polar surface area (TPSA) is 46.6 Å². The number of sulfonamides is 1. The zero-order valence-electron chi connectivity index (χ0n) is 11.7. The Labute approximate surface area is 123 Å². The van der Waals surface area contributed by atoms with E-state index in [1.54, 1.807) is 25.2 Å². The molecule has 108 valence electrons. The molecule has 1 rings (SSSR count). The molecule has 0 spiro atoms. The van der Waals surface area contributed by atoms with Crippen molar-refractivity contribution in [3.05, 3.63) is 28.2 Å². The number of hydrogen-bond acceptors (Lipinski definition) is 3. The van der Waals surface area contributed by atoms with E-state index in [0.29, 0.717) is 17.6 Å². The van der Waals surface area contributed by atoms with Gasteiger partial charge in [-0.2, -0.15) is 4.31 Å². The number of benzene rings is 1. The van der Waals surface area contributed by atoms with Crippen molar-refractivity contribution in [2.75, 3.05) is 20.2 Å². The van der Waals surface area contributed by atoms with Crippen molar-refractivity contribution in [1.82, 2.24) is 4.31 Å². The fourth-order valence-corrected chi connectivity index (χ4v) is 3.82. The van der Waals surface area contributed by atoms with E-state index in [1.807, 2.05) is 20.8 Å². The number of ether oxygens (including phenoxy) is 1. The number of hydrogen-bond donors (Lipinski definition) is 0. The van der Waals surface area contributed by atoms with Crippen LogP contribution in [0.15, 0.2) is 27.6 Å². The molecule has 1 aromatic rings. The average molecular weight is 350 g/mol. The summed E-state index contributed by atoms with van der Waals surface area (Å²) in [6.45, 7) is 6.48. The van der Waals surface area contributed by atoms with Gasteiger partial charge in [-0.1, -0.05) is 6.07 Å². The summed E-state index contributed by atoms with van der Waals surface area (Å²) in [6.07, 6.45) is 0.0993. The van der Waals surface area contributed by atoms with Crippen LogP contribution in [-0.4, -0.2) is 39.0 Å². The number of aryl methyl sites for hydroxylation is 1. The Balaban J connectivity index is 2.85. The summed E-state index contributed by atoms with van der Waals surface area (Å²) in [5, 5.41) is 0. The minimum Gasteiger partial charge on any atom is -0.377 e. The first kappa shape index (κ1) is 16.6. The van der Waals surface area contributed by atoms with Gasteiger partial charge in [-0.05, 0) is 54.4 Å². The second-order valence-corrected chi connectivity index (χ2v) is 7.55. The summed E-state index contributed by atoms with van der Waals surface area (Å²) in [5.74, 6) is 0. The molecule has 0 aromatic heterocycles. The Hall–Kier alpha value is -0.430. The van der Waals surface area contributed by atoms with Crippen molar-refractivity contribution in [1.29, 1.82) is 0 Å². The van der Waals surface area contributed by atoms with Crippen LogP contribution >= 0.6 is 15.9 Å². The molecule has 0 amide bonds. The standard InChI is InChI=1S/C13H20BrNO3S/c1-10(2)18-8-7-15(4)19(16,17)13-6-5-11(3)9-12(13)14/h5-6,9-10H,7-8H2,1-4H3. The molecule has 0 aliphatic heterocycles.